The minimum Gasteiger partial charge on any atom is -0.221 e. The second kappa shape index (κ2) is 14.5. The minimum absolute atomic E-state index is 0.576. The SMILES string of the molecule is c1cc(-c2ccc(-c3nc(-c4ccc(-c5cccc(-n6ccnn6)c5)cc4)nc(-c4ccc(-c5cccc(-n6ccnn6)c5)cc4)n3)cc2)cc(-n2ccnn2)c1. The maximum Gasteiger partial charge on any atom is 0.164 e. The average molecular weight is 739 g/mol. The van der Waals surface area contributed by atoms with Gasteiger partial charge in [-0.2, -0.15) is 0 Å². The molecule has 0 bridgehead atoms. The van der Waals surface area contributed by atoms with Crippen LogP contribution in [0.15, 0.2) is 183 Å². The lowest BCUT2D eigenvalue weighted by atomic mass is 10.0. The third-order valence-corrected chi connectivity index (χ3v) is 9.66. The van der Waals surface area contributed by atoms with Crippen LogP contribution >= 0.6 is 0 Å². The molecule has 57 heavy (non-hydrogen) atoms. The first kappa shape index (κ1) is 33.3. The van der Waals surface area contributed by atoms with Crippen molar-refractivity contribution in [1.29, 1.82) is 0 Å². The van der Waals surface area contributed by atoms with Gasteiger partial charge in [0.05, 0.1) is 54.2 Å². The van der Waals surface area contributed by atoms with Crippen molar-refractivity contribution in [3.63, 3.8) is 0 Å². The highest BCUT2D eigenvalue weighted by Gasteiger charge is 2.14. The molecule has 0 aliphatic rings. The molecule has 10 aromatic rings. The second-order valence-electron chi connectivity index (χ2n) is 13.2. The van der Waals surface area contributed by atoms with E-state index < -0.39 is 0 Å². The van der Waals surface area contributed by atoms with Crippen molar-refractivity contribution in [3.05, 3.63) is 183 Å². The predicted molar refractivity (Wildman–Crippen MR) is 217 cm³/mol. The van der Waals surface area contributed by atoms with Gasteiger partial charge in [0.2, 0.25) is 0 Å². The average Bonchev–Trinajstić information content (AvgIpc) is 4.13. The number of rotatable bonds is 9. The molecule has 270 valence electrons. The van der Waals surface area contributed by atoms with Crippen LogP contribution in [0, 0.1) is 0 Å². The summed E-state index contributed by atoms with van der Waals surface area (Å²) in [6.07, 6.45) is 10.5. The summed E-state index contributed by atoms with van der Waals surface area (Å²) < 4.78 is 5.24. The predicted octanol–water partition coefficient (Wildman–Crippen LogP) is 8.62. The van der Waals surface area contributed by atoms with Gasteiger partial charge in [-0.1, -0.05) is 125 Å². The molecular formula is C45H30N12. The Bertz CT molecular complexity index is 2590. The Morgan fingerprint density at radius 3 is 0.825 bits per heavy atom. The largest absolute Gasteiger partial charge is 0.221 e. The van der Waals surface area contributed by atoms with Crippen molar-refractivity contribution in [2.75, 3.05) is 0 Å². The van der Waals surface area contributed by atoms with Crippen LogP contribution in [0.25, 0.3) is 84.6 Å². The molecular weight excluding hydrogens is 709 g/mol. The number of benzene rings is 6. The van der Waals surface area contributed by atoms with Crippen LogP contribution in [-0.2, 0) is 0 Å². The van der Waals surface area contributed by atoms with Crippen molar-refractivity contribution in [1.82, 2.24) is 59.9 Å². The summed E-state index contributed by atoms with van der Waals surface area (Å²) in [6.45, 7) is 0. The Labute approximate surface area is 326 Å². The van der Waals surface area contributed by atoms with Crippen LogP contribution < -0.4 is 0 Å². The topological polar surface area (TPSA) is 131 Å². The molecule has 0 fully saturated rings. The van der Waals surface area contributed by atoms with E-state index in [9.17, 15) is 0 Å². The molecule has 0 aliphatic heterocycles. The Balaban J connectivity index is 1.00. The zero-order valence-corrected chi connectivity index (χ0v) is 30.2. The first-order valence-electron chi connectivity index (χ1n) is 18.2. The Kier molecular flexibility index (Phi) is 8.50. The summed E-state index contributed by atoms with van der Waals surface area (Å²) in [5.41, 5.74) is 11.8. The first-order valence-corrected chi connectivity index (χ1v) is 18.2. The van der Waals surface area contributed by atoms with E-state index in [1.807, 2.05) is 55.0 Å². The van der Waals surface area contributed by atoms with Crippen molar-refractivity contribution in [2.45, 2.75) is 0 Å². The van der Waals surface area contributed by atoms with Crippen LogP contribution in [0.3, 0.4) is 0 Å². The quantitative estimate of drug-likeness (QED) is 0.143. The van der Waals surface area contributed by atoms with Crippen LogP contribution in [0.5, 0.6) is 0 Å². The van der Waals surface area contributed by atoms with Crippen molar-refractivity contribution in [2.24, 2.45) is 0 Å². The first-order chi connectivity index (χ1) is 28.2. The maximum atomic E-state index is 5.03. The molecule has 0 unspecified atom stereocenters. The summed E-state index contributed by atoms with van der Waals surface area (Å²) >= 11 is 0. The standard InChI is InChI=1S/C45H30N12/c1-4-37(28-40(7-1)55-25-22-46-52-55)31-10-16-34(17-11-31)43-49-44(35-18-12-32(13-19-35)38-5-2-8-41(29-38)56-26-23-47-53-56)51-45(50-43)36-20-14-33(15-21-36)39-6-3-9-42(30-39)57-27-24-48-54-57/h1-30H. The Morgan fingerprint density at radius 2 is 0.561 bits per heavy atom. The van der Waals surface area contributed by atoms with Gasteiger partial charge in [-0.25, -0.2) is 29.0 Å². The van der Waals surface area contributed by atoms with Gasteiger partial charge in [-0.3, -0.25) is 0 Å². The highest BCUT2D eigenvalue weighted by molar-refractivity contribution is 5.74. The summed E-state index contributed by atoms with van der Waals surface area (Å²) in [6, 6.07) is 49.4. The molecule has 0 atom stereocenters. The highest BCUT2D eigenvalue weighted by Crippen LogP contribution is 2.31. The fourth-order valence-corrected chi connectivity index (χ4v) is 6.72. The molecule has 0 saturated heterocycles. The number of nitrogens with zero attached hydrogens (tertiary/aromatic N) is 12. The van der Waals surface area contributed by atoms with Gasteiger partial charge in [-0.05, 0) is 69.8 Å². The fraction of sp³-hybridized carbons (Fsp3) is 0. The van der Waals surface area contributed by atoms with E-state index in [1.54, 1.807) is 32.6 Å². The monoisotopic (exact) mass is 738 g/mol. The van der Waals surface area contributed by atoms with Crippen molar-refractivity contribution < 1.29 is 0 Å². The van der Waals surface area contributed by atoms with Gasteiger partial charge in [0, 0.05) is 16.7 Å². The van der Waals surface area contributed by atoms with Gasteiger partial charge < -0.3 is 0 Å². The lowest BCUT2D eigenvalue weighted by Crippen LogP contribution is -2.00. The van der Waals surface area contributed by atoms with Crippen LogP contribution in [-0.4, -0.2) is 59.9 Å². The van der Waals surface area contributed by atoms with E-state index in [4.69, 9.17) is 15.0 Å². The molecule has 0 saturated carbocycles. The zero-order valence-electron chi connectivity index (χ0n) is 30.2. The Morgan fingerprint density at radius 1 is 0.281 bits per heavy atom. The van der Waals surface area contributed by atoms with Gasteiger partial charge >= 0.3 is 0 Å². The second-order valence-corrected chi connectivity index (χ2v) is 13.2. The summed E-state index contributed by atoms with van der Waals surface area (Å²) in [5.74, 6) is 1.73. The lowest BCUT2D eigenvalue weighted by molar-refractivity contribution is 0.803. The van der Waals surface area contributed by atoms with Gasteiger partial charge in [0.15, 0.2) is 17.5 Å². The number of hydrogen-bond acceptors (Lipinski definition) is 9. The van der Waals surface area contributed by atoms with E-state index in [-0.39, 0.29) is 0 Å². The minimum atomic E-state index is 0.576. The van der Waals surface area contributed by atoms with E-state index in [0.717, 1.165) is 67.1 Å². The molecule has 0 amide bonds. The third kappa shape index (κ3) is 6.85. The molecule has 4 heterocycles. The van der Waals surface area contributed by atoms with E-state index in [2.05, 4.69) is 140 Å². The normalized spacial score (nSPS) is 11.2. The van der Waals surface area contributed by atoms with E-state index in [1.165, 1.54) is 0 Å². The molecule has 4 aromatic heterocycles. The van der Waals surface area contributed by atoms with Gasteiger partial charge in [0.25, 0.3) is 0 Å². The smallest absolute Gasteiger partial charge is 0.164 e. The molecule has 0 aliphatic carbocycles. The summed E-state index contributed by atoms with van der Waals surface area (Å²) in [7, 11) is 0. The highest BCUT2D eigenvalue weighted by atomic mass is 15.4. The molecule has 10 rings (SSSR count). The molecule has 0 radical (unpaired) electrons. The number of hydrogen-bond donors (Lipinski definition) is 0. The molecule has 12 heteroatoms. The molecule has 6 aromatic carbocycles. The summed E-state index contributed by atoms with van der Waals surface area (Å²) in [4.78, 5) is 15.1. The third-order valence-electron chi connectivity index (χ3n) is 9.66. The summed E-state index contributed by atoms with van der Waals surface area (Å²) in [5, 5.41) is 24.3. The molecule has 0 spiro atoms. The maximum absolute atomic E-state index is 5.03. The van der Waals surface area contributed by atoms with E-state index in [0.29, 0.717) is 17.5 Å². The zero-order chi connectivity index (χ0) is 38.0. The van der Waals surface area contributed by atoms with Crippen molar-refractivity contribution >= 4 is 0 Å². The van der Waals surface area contributed by atoms with Gasteiger partial charge in [0.1, 0.15) is 0 Å². The number of aromatic nitrogens is 12. The van der Waals surface area contributed by atoms with Crippen LogP contribution in [0.1, 0.15) is 0 Å². The fourth-order valence-electron chi connectivity index (χ4n) is 6.72. The van der Waals surface area contributed by atoms with Crippen molar-refractivity contribution in [3.8, 4) is 84.6 Å². The van der Waals surface area contributed by atoms with E-state index >= 15 is 0 Å². The van der Waals surface area contributed by atoms with Gasteiger partial charge in [-0.15, -0.1) is 15.3 Å². The van der Waals surface area contributed by atoms with Crippen LogP contribution in [0.4, 0.5) is 0 Å². The Hall–Kier alpha value is -8.25. The molecule has 12 nitrogen and oxygen atoms in total. The van der Waals surface area contributed by atoms with Crippen LogP contribution in [0.2, 0.25) is 0 Å². The molecule has 0 N–H and O–H groups in total. The lowest BCUT2D eigenvalue weighted by Gasteiger charge is -2.11.